The highest BCUT2D eigenvalue weighted by molar-refractivity contribution is 9.10. The predicted octanol–water partition coefficient (Wildman–Crippen LogP) is 3.38. The van der Waals surface area contributed by atoms with Gasteiger partial charge in [0.1, 0.15) is 0 Å². The molecule has 2 rings (SSSR count). The van der Waals surface area contributed by atoms with E-state index in [-0.39, 0.29) is 10.9 Å². The first-order valence-corrected chi connectivity index (χ1v) is 8.71. The van der Waals surface area contributed by atoms with E-state index in [0.29, 0.717) is 10.2 Å². The van der Waals surface area contributed by atoms with Gasteiger partial charge in [0.2, 0.25) is 10.0 Å². The van der Waals surface area contributed by atoms with E-state index in [1.807, 2.05) is 38.1 Å². The lowest BCUT2D eigenvalue weighted by atomic mass is 10.1. The van der Waals surface area contributed by atoms with Crippen LogP contribution in [-0.2, 0) is 10.0 Å². The van der Waals surface area contributed by atoms with Gasteiger partial charge in [-0.3, -0.25) is 0 Å². The summed E-state index contributed by atoms with van der Waals surface area (Å²) in [7, 11) is -3.61. The minimum atomic E-state index is -3.61. The van der Waals surface area contributed by atoms with Crippen molar-refractivity contribution in [1.29, 1.82) is 0 Å². The maximum Gasteiger partial charge on any atom is 0.241 e. The van der Waals surface area contributed by atoms with Crippen LogP contribution >= 0.6 is 15.9 Å². The predicted molar refractivity (Wildman–Crippen MR) is 88.5 cm³/mol. The van der Waals surface area contributed by atoms with E-state index in [2.05, 4.69) is 20.7 Å². The van der Waals surface area contributed by atoms with Gasteiger partial charge in [-0.25, -0.2) is 13.1 Å². The number of anilines is 1. The van der Waals surface area contributed by atoms with Crippen molar-refractivity contribution < 1.29 is 8.42 Å². The molecule has 112 valence electrons. The van der Waals surface area contributed by atoms with Crippen molar-refractivity contribution in [3.63, 3.8) is 0 Å². The van der Waals surface area contributed by atoms with Gasteiger partial charge in [0.25, 0.3) is 0 Å². The normalized spacial score (nSPS) is 13.1. The van der Waals surface area contributed by atoms with E-state index in [1.165, 1.54) is 12.1 Å². The highest BCUT2D eigenvalue weighted by atomic mass is 79.9. The van der Waals surface area contributed by atoms with Crippen LogP contribution in [0.25, 0.3) is 0 Å². The molecule has 1 unspecified atom stereocenters. The first-order valence-electron chi connectivity index (χ1n) is 6.43. The van der Waals surface area contributed by atoms with Crippen molar-refractivity contribution in [2.75, 3.05) is 5.73 Å². The number of aryl methyl sites for hydroxylation is 1. The Morgan fingerprint density at radius 2 is 1.76 bits per heavy atom. The summed E-state index contributed by atoms with van der Waals surface area (Å²) in [5.41, 5.74) is 8.17. The summed E-state index contributed by atoms with van der Waals surface area (Å²) in [6.45, 7) is 3.80. The van der Waals surface area contributed by atoms with Crippen LogP contribution < -0.4 is 10.5 Å². The standard InChI is InChI=1S/C15H17BrN2O2S/c1-10-3-5-12(6-4-10)11(2)18-21(19,20)13-7-8-14(16)15(17)9-13/h3-9,11,18H,17H2,1-2H3. The molecule has 0 aliphatic carbocycles. The molecule has 0 spiro atoms. The number of hydrogen-bond donors (Lipinski definition) is 2. The Labute approximate surface area is 133 Å². The van der Waals surface area contributed by atoms with Crippen LogP contribution in [0.15, 0.2) is 51.8 Å². The van der Waals surface area contributed by atoms with Gasteiger partial charge in [0, 0.05) is 16.2 Å². The molecule has 0 bridgehead atoms. The fourth-order valence-electron chi connectivity index (χ4n) is 1.91. The second-order valence-electron chi connectivity index (χ2n) is 4.94. The largest absolute Gasteiger partial charge is 0.398 e. The molecule has 1 atom stereocenters. The monoisotopic (exact) mass is 368 g/mol. The molecule has 0 radical (unpaired) electrons. The zero-order valence-corrected chi connectivity index (χ0v) is 14.2. The van der Waals surface area contributed by atoms with Crippen LogP contribution in [0.5, 0.6) is 0 Å². The van der Waals surface area contributed by atoms with Gasteiger partial charge >= 0.3 is 0 Å². The fourth-order valence-corrected chi connectivity index (χ4v) is 3.43. The van der Waals surface area contributed by atoms with Crippen LogP contribution in [0, 0.1) is 6.92 Å². The Bertz CT molecular complexity index is 743. The molecule has 4 nitrogen and oxygen atoms in total. The molecular weight excluding hydrogens is 352 g/mol. The number of sulfonamides is 1. The van der Waals surface area contributed by atoms with E-state index in [1.54, 1.807) is 6.07 Å². The quantitative estimate of drug-likeness (QED) is 0.812. The number of nitrogen functional groups attached to an aromatic ring is 1. The SMILES string of the molecule is Cc1ccc(C(C)NS(=O)(=O)c2ccc(Br)c(N)c2)cc1. The highest BCUT2D eigenvalue weighted by Gasteiger charge is 2.19. The highest BCUT2D eigenvalue weighted by Crippen LogP contribution is 2.24. The molecule has 2 aromatic carbocycles. The van der Waals surface area contributed by atoms with Gasteiger partial charge in [-0.15, -0.1) is 0 Å². The Hall–Kier alpha value is -1.37. The summed E-state index contributed by atoms with van der Waals surface area (Å²) in [6.07, 6.45) is 0. The number of nitrogens with one attached hydrogen (secondary N) is 1. The average Bonchev–Trinajstić information content (AvgIpc) is 2.42. The molecule has 0 aliphatic rings. The third kappa shape index (κ3) is 3.84. The van der Waals surface area contributed by atoms with Crippen LogP contribution in [0.4, 0.5) is 5.69 Å². The van der Waals surface area contributed by atoms with Crippen molar-refractivity contribution in [2.45, 2.75) is 24.8 Å². The average molecular weight is 369 g/mol. The van der Waals surface area contributed by atoms with Gasteiger partial charge in [0.15, 0.2) is 0 Å². The lowest BCUT2D eigenvalue weighted by Crippen LogP contribution is -2.27. The number of benzene rings is 2. The third-order valence-corrected chi connectivity index (χ3v) is 5.45. The zero-order valence-electron chi connectivity index (χ0n) is 11.8. The number of nitrogens with two attached hydrogens (primary N) is 1. The van der Waals surface area contributed by atoms with Crippen LogP contribution in [-0.4, -0.2) is 8.42 Å². The summed E-state index contributed by atoms with van der Waals surface area (Å²) in [4.78, 5) is 0.155. The molecule has 3 N–H and O–H groups in total. The van der Waals surface area contributed by atoms with Gasteiger partial charge in [-0.05, 0) is 53.5 Å². The molecule has 0 fully saturated rings. The molecular formula is C15H17BrN2O2S. The molecule has 0 amide bonds. The van der Waals surface area contributed by atoms with Crippen molar-refractivity contribution in [3.05, 3.63) is 58.1 Å². The first-order chi connectivity index (χ1) is 9.79. The Morgan fingerprint density at radius 1 is 1.14 bits per heavy atom. The van der Waals surface area contributed by atoms with Crippen molar-refractivity contribution in [1.82, 2.24) is 4.72 Å². The van der Waals surface area contributed by atoms with E-state index in [4.69, 9.17) is 5.73 Å². The summed E-state index contributed by atoms with van der Waals surface area (Å²) in [5.74, 6) is 0. The Balaban J connectivity index is 2.24. The second-order valence-corrected chi connectivity index (χ2v) is 7.51. The van der Waals surface area contributed by atoms with Crippen molar-refractivity contribution in [2.24, 2.45) is 0 Å². The Morgan fingerprint density at radius 3 is 2.33 bits per heavy atom. The smallest absolute Gasteiger partial charge is 0.241 e. The van der Waals surface area contributed by atoms with E-state index in [0.717, 1.165) is 11.1 Å². The minimum absolute atomic E-state index is 0.155. The third-order valence-electron chi connectivity index (χ3n) is 3.19. The molecule has 0 aromatic heterocycles. The van der Waals surface area contributed by atoms with E-state index >= 15 is 0 Å². The molecule has 6 heteroatoms. The van der Waals surface area contributed by atoms with Gasteiger partial charge < -0.3 is 5.73 Å². The summed E-state index contributed by atoms with van der Waals surface area (Å²) in [6, 6.07) is 12.0. The number of rotatable bonds is 4. The molecule has 0 aliphatic heterocycles. The lowest BCUT2D eigenvalue weighted by Gasteiger charge is -2.15. The fraction of sp³-hybridized carbons (Fsp3) is 0.200. The minimum Gasteiger partial charge on any atom is -0.398 e. The van der Waals surface area contributed by atoms with Crippen LogP contribution in [0.1, 0.15) is 24.1 Å². The first kappa shape index (κ1) is 16.0. The lowest BCUT2D eigenvalue weighted by molar-refractivity contribution is 0.567. The summed E-state index contributed by atoms with van der Waals surface area (Å²) in [5, 5.41) is 0. The maximum atomic E-state index is 12.4. The van der Waals surface area contributed by atoms with Gasteiger partial charge in [-0.2, -0.15) is 0 Å². The maximum absolute atomic E-state index is 12.4. The number of halogens is 1. The molecule has 0 saturated carbocycles. The van der Waals surface area contributed by atoms with Crippen molar-refractivity contribution >= 4 is 31.6 Å². The van der Waals surface area contributed by atoms with E-state index < -0.39 is 10.0 Å². The molecule has 2 aromatic rings. The molecule has 0 saturated heterocycles. The number of hydrogen-bond acceptors (Lipinski definition) is 3. The van der Waals surface area contributed by atoms with E-state index in [9.17, 15) is 8.42 Å². The topological polar surface area (TPSA) is 72.2 Å². The summed E-state index contributed by atoms with van der Waals surface area (Å²) < 4.78 is 28.1. The summed E-state index contributed by atoms with van der Waals surface area (Å²) >= 11 is 3.25. The van der Waals surface area contributed by atoms with Gasteiger partial charge in [0.05, 0.1) is 4.90 Å². The van der Waals surface area contributed by atoms with Crippen LogP contribution in [0.2, 0.25) is 0 Å². The molecule has 0 heterocycles. The molecule has 21 heavy (non-hydrogen) atoms. The van der Waals surface area contributed by atoms with Crippen LogP contribution in [0.3, 0.4) is 0 Å². The van der Waals surface area contributed by atoms with Gasteiger partial charge in [-0.1, -0.05) is 29.8 Å². The zero-order chi connectivity index (χ0) is 15.6. The van der Waals surface area contributed by atoms with Crippen molar-refractivity contribution in [3.8, 4) is 0 Å². The second kappa shape index (κ2) is 6.17. The Kier molecular flexibility index (Phi) is 4.70.